The van der Waals surface area contributed by atoms with E-state index in [2.05, 4.69) is 22.9 Å². The van der Waals surface area contributed by atoms with Crippen molar-refractivity contribution in [3.63, 3.8) is 0 Å². The van der Waals surface area contributed by atoms with Crippen molar-refractivity contribution in [1.29, 1.82) is 0 Å². The maximum Gasteiger partial charge on any atom is 0.254 e. The summed E-state index contributed by atoms with van der Waals surface area (Å²) in [6, 6.07) is 8.01. The summed E-state index contributed by atoms with van der Waals surface area (Å²) in [5.74, 6) is 0.101. The van der Waals surface area contributed by atoms with Gasteiger partial charge in [-0.05, 0) is 25.0 Å². The minimum Gasteiger partial charge on any atom is -0.338 e. The molecule has 88 valence electrons. The fourth-order valence-electron chi connectivity index (χ4n) is 1.53. The summed E-state index contributed by atoms with van der Waals surface area (Å²) in [5, 5.41) is 0.795. The Morgan fingerprint density at radius 2 is 2.06 bits per heavy atom. The van der Waals surface area contributed by atoms with E-state index in [1.807, 2.05) is 38.2 Å². The number of carbonyl (C=O) groups excluding carboxylic acids is 1. The Morgan fingerprint density at radius 1 is 1.44 bits per heavy atom. The van der Waals surface area contributed by atoms with E-state index < -0.39 is 0 Å². The first-order valence-electron chi connectivity index (χ1n) is 5.52. The molecule has 0 bridgehead atoms. The van der Waals surface area contributed by atoms with Gasteiger partial charge in [-0.25, -0.2) is 0 Å². The molecule has 0 N–H and O–H groups in total. The minimum atomic E-state index is 0.101. The molecule has 1 rings (SSSR count). The molecule has 0 heterocycles. The molecule has 0 saturated heterocycles. The number of hydrogen-bond acceptors (Lipinski definition) is 1. The van der Waals surface area contributed by atoms with Gasteiger partial charge in [0.1, 0.15) is 0 Å². The lowest BCUT2D eigenvalue weighted by Gasteiger charge is -2.24. The van der Waals surface area contributed by atoms with Crippen LogP contribution in [0.25, 0.3) is 0 Å². The molecule has 3 heteroatoms. The highest BCUT2D eigenvalue weighted by molar-refractivity contribution is 9.09. The molecule has 0 radical (unpaired) electrons. The van der Waals surface area contributed by atoms with Gasteiger partial charge in [-0.2, -0.15) is 0 Å². The Hall–Kier alpha value is -0.830. The predicted molar refractivity (Wildman–Crippen MR) is 71.2 cm³/mol. The molecule has 1 aromatic rings. The number of nitrogens with zero attached hydrogens (tertiary/aromatic N) is 1. The van der Waals surface area contributed by atoms with Crippen molar-refractivity contribution < 1.29 is 4.79 Å². The lowest BCUT2D eigenvalue weighted by molar-refractivity contribution is 0.0757. The standard InChI is InChI=1S/C13H18BrNO/c1-4-11-7-5-6-8-12(11)13(16)15(3)10(2)9-14/h5-8,10H,4,9H2,1-3H3. The third-order valence-corrected chi connectivity index (χ3v) is 3.77. The lowest BCUT2D eigenvalue weighted by atomic mass is 10.0. The molecule has 0 aliphatic rings. The molecule has 0 saturated carbocycles. The van der Waals surface area contributed by atoms with Crippen LogP contribution in [0.3, 0.4) is 0 Å². The van der Waals surface area contributed by atoms with Gasteiger partial charge < -0.3 is 4.90 Å². The molecule has 0 fully saturated rings. The monoisotopic (exact) mass is 283 g/mol. The molecule has 1 unspecified atom stereocenters. The molecular formula is C13H18BrNO. The molecule has 0 aliphatic heterocycles. The highest BCUT2D eigenvalue weighted by atomic mass is 79.9. The van der Waals surface area contributed by atoms with E-state index in [1.165, 1.54) is 0 Å². The van der Waals surface area contributed by atoms with Gasteiger partial charge in [0.15, 0.2) is 0 Å². The van der Waals surface area contributed by atoms with Crippen molar-refractivity contribution in [2.45, 2.75) is 26.3 Å². The Morgan fingerprint density at radius 3 is 2.62 bits per heavy atom. The van der Waals surface area contributed by atoms with Crippen molar-refractivity contribution in [2.75, 3.05) is 12.4 Å². The van der Waals surface area contributed by atoms with Crippen LogP contribution < -0.4 is 0 Å². The van der Waals surface area contributed by atoms with Gasteiger partial charge in [0.05, 0.1) is 0 Å². The summed E-state index contributed by atoms with van der Waals surface area (Å²) < 4.78 is 0. The van der Waals surface area contributed by atoms with Crippen LogP contribution in [0.5, 0.6) is 0 Å². The van der Waals surface area contributed by atoms with Gasteiger partial charge in [-0.15, -0.1) is 0 Å². The summed E-state index contributed by atoms with van der Waals surface area (Å²) in [6.07, 6.45) is 0.887. The zero-order valence-corrected chi connectivity index (χ0v) is 11.6. The third kappa shape index (κ3) is 2.85. The van der Waals surface area contributed by atoms with Gasteiger partial charge in [0.2, 0.25) is 0 Å². The van der Waals surface area contributed by atoms with Crippen LogP contribution in [-0.2, 0) is 6.42 Å². The second-order valence-corrected chi connectivity index (χ2v) is 4.58. The summed E-state index contributed by atoms with van der Waals surface area (Å²) in [7, 11) is 1.85. The summed E-state index contributed by atoms with van der Waals surface area (Å²) >= 11 is 3.40. The third-order valence-electron chi connectivity index (χ3n) is 2.83. The molecule has 1 aromatic carbocycles. The molecule has 1 atom stereocenters. The van der Waals surface area contributed by atoms with Crippen LogP contribution in [0, 0.1) is 0 Å². The largest absolute Gasteiger partial charge is 0.338 e. The Balaban J connectivity index is 2.95. The van der Waals surface area contributed by atoms with Crippen LogP contribution >= 0.6 is 15.9 Å². The maximum atomic E-state index is 12.2. The van der Waals surface area contributed by atoms with Gasteiger partial charge in [-0.1, -0.05) is 41.1 Å². The number of hydrogen-bond donors (Lipinski definition) is 0. The van der Waals surface area contributed by atoms with Gasteiger partial charge in [-0.3, -0.25) is 4.79 Å². The van der Waals surface area contributed by atoms with E-state index in [1.54, 1.807) is 4.90 Å². The van der Waals surface area contributed by atoms with E-state index in [4.69, 9.17) is 0 Å². The summed E-state index contributed by atoms with van der Waals surface area (Å²) in [5.41, 5.74) is 1.93. The SMILES string of the molecule is CCc1ccccc1C(=O)N(C)C(C)CBr. The fraction of sp³-hybridized carbons (Fsp3) is 0.462. The highest BCUT2D eigenvalue weighted by Crippen LogP contribution is 2.13. The molecular weight excluding hydrogens is 266 g/mol. The van der Waals surface area contributed by atoms with Crippen LogP contribution in [0.2, 0.25) is 0 Å². The number of carbonyl (C=O) groups is 1. The second-order valence-electron chi connectivity index (χ2n) is 3.93. The topological polar surface area (TPSA) is 20.3 Å². The number of alkyl halides is 1. The zero-order chi connectivity index (χ0) is 12.1. The number of amides is 1. The summed E-state index contributed by atoms with van der Waals surface area (Å²) in [4.78, 5) is 14.0. The van der Waals surface area contributed by atoms with Gasteiger partial charge >= 0.3 is 0 Å². The summed E-state index contributed by atoms with van der Waals surface area (Å²) in [6.45, 7) is 4.10. The quantitative estimate of drug-likeness (QED) is 0.778. The van der Waals surface area contributed by atoms with E-state index >= 15 is 0 Å². The number of benzene rings is 1. The van der Waals surface area contributed by atoms with Crippen molar-refractivity contribution in [2.24, 2.45) is 0 Å². The van der Waals surface area contributed by atoms with Gasteiger partial charge in [0.25, 0.3) is 5.91 Å². The maximum absolute atomic E-state index is 12.2. The van der Waals surface area contributed by atoms with E-state index in [0.29, 0.717) is 0 Å². The minimum absolute atomic E-state index is 0.101. The number of aryl methyl sites for hydroxylation is 1. The van der Waals surface area contributed by atoms with Gasteiger partial charge in [0, 0.05) is 24.0 Å². The van der Waals surface area contributed by atoms with E-state index in [0.717, 1.165) is 22.9 Å². The first-order valence-corrected chi connectivity index (χ1v) is 6.65. The molecule has 0 spiro atoms. The van der Waals surface area contributed by atoms with Crippen molar-refractivity contribution in [3.8, 4) is 0 Å². The first kappa shape index (κ1) is 13.2. The Kier molecular flexibility index (Phi) is 5.00. The molecule has 2 nitrogen and oxygen atoms in total. The van der Waals surface area contributed by atoms with E-state index in [-0.39, 0.29) is 11.9 Å². The zero-order valence-electron chi connectivity index (χ0n) is 10.0. The first-order chi connectivity index (χ1) is 7.61. The average Bonchev–Trinajstić information content (AvgIpc) is 2.35. The Labute approximate surface area is 106 Å². The predicted octanol–water partition coefficient (Wildman–Crippen LogP) is 3.10. The van der Waals surface area contributed by atoms with Crippen LogP contribution in [0.1, 0.15) is 29.8 Å². The lowest BCUT2D eigenvalue weighted by Crippen LogP contribution is -2.36. The second kappa shape index (κ2) is 6.04. The molecule has 0 aromatic heterocycles. The van der Waals surface area contributed by atoms with Crippen LogP contribution in [-0.4, -0.2) is 29.2 Å². The van der Waals surface area contributed by atoms with Crippen molar-refractivity contribution in [3.05, 3.63) is 35.4 Å². The van der Waals surface area contributed by atoms with E-state index in [9.17, 15) is 4.79 Å². The van der Waals surface area contributed by atoms with Crippen molar-refractivity contribution in [1.82, 2.24) is 4.90 Å². The number of rotatable bonds is 4. The fourth-order valence-corrected chi connectivity index (χ4v) is 1.97. The smallest absolute Gasteiger partial charge is 0.254 e. The van der Waals surface area contributed by atoms with Crippen LogP contribution in [0.15, 0.2) is 24.3 Å². The van der Waals surface area contributed by atoms with Crippen molar-refractivity contribution >= 4 is 21.8 Å². The molecule has 1 amide bonds. The molecule has 0 aliphatic carbocycles. The Bertz CT molecular complexity index is 365. The number of halogens is 1. The van der Waals surface area contributed by atoms with Crippen LogP contribution in [0.4, 0.5) is 0 Å². The molecule has 16 heavy (non-hydrogen) atoms. The average molecular weight is 284 g/mol. The highest BCUT2D eigenvalue weighted by Gasteiger charge is 2.18. The normalized spacial score (nSPS) is 12.2.